The Morgan fingerprint density at radius 1 is 1.43 bits per heavy atom. The van der Waals surface area contributed by atoms with E-state index in [1.807, 2.05) is 20.8 Å². The van der Waals surface area contributed by atoms with Crippen molar-refractivity contribution >= 4 is 16.0 Å². The molecule has 0 aliphatic rings. The largest absolute Gasteiger partial charge is 0.481 e. The Balaban J connectivity index is 2.98. The molecule has 21 heavy (non-hydrogen) atoms. The Morgan fingerprint density at radius 3 is 2.52 bits per heavy atom. The van der Waals surface area contributed by atoms with Crippen LogP contribution in [0.2, 0.25) is 0 Å². The first-order valence-corrected chi connectivity index (χ1v) is 7.82. The first kappa shape index (κ1) is 17.5. The summed E-state index contributed by atoms with van der Waals surface area (Å²) in [5.41, 5.74) is -0.261. The van der Waals surface area contributed by atoms with Crippen molar-refractivity contribution in [2.75, 3.05) is 0 Å². The number of hydrogen-bond acceptors (Lipinski definition) is 4. The zero-order chi connectivity index (χ0) is 16.3. The predicted molar refractivity (Wildman–Crippen MR) is 74.6 cm³/mol. The number of nitrogens with one attached hydrogen (secondary N) is 1. The van der Waals surface area contributed by atoms with Crippen molar-refractivity contribution in [3.05, 3.63) is 24.3 Å². The van der Waals surface area contributed by atoms with Gasteiger partial charge in [-0.05, 0) is 17.9 Å². The molecule has 0 aliphatic carbocycles. The third-order valence-corrected chi connectivity index (χ3v) is 4.08. The van der Waals surface area contributed by atoms with Crippen LogP contribution in [-0.2, 0) is 14.8 Å². The molecule has 1 heterocycles. The Hall–Kier alpha value is -1.54. The number of halogens is 1. The van der Waals surface area contributed by atoms with Gasteiger partial charge in [0, 0.05) is 12.2 Å². The van der Waals surface area contributed by atoms with Gasteiger partial charge in [0.05, 0.1) is 12.6 Å². The first-order chi connectivity index (χ1) is 9.49. The van der Waals surface area contributed by atoms with Crippen LogP contribution < -0.4 is 4.72 Å². The Labute approximate surface area is 123 Å². The summed E-state index contributed by atoms with van der Waals surface area (Å²) in [6.07, 6.45) is 1.89. The molecule has 2 N–H and O–H groups in total. The van der Waals surface area contributed by atoms with Gasteiger partial charge in [-0.25, -0.2) is 17.5 Å². The van der Waals surface area contributed by atoms with E-state index in [-0.39, 0.29) is 16.7 Å². The minimum atomic E-state index is -4.02. The number of nitrogens with zero attached hydrogens (tertiary/aromatic N) is 1. The van der Waals surface area contributed by atoms with Crippen LogP contribution in [0, 0.1) is 11.2 Å². The lowest BCUT2D eigenvalue weighted by Gasteiger charge is -2.25. The highest BCUT2D eigenvalue weighted by Crippen LogP contribution is 2.23. The standard InChI is InChI=1S/C13H19FN2O4S/c1-13(2,3)6-10(5-12(17)18)16-21(19,20)11-4-9(14)7-15-8-11/h4,7-8,10,16H,5-6H2,1-3H3,(H,17,18). The highest BCUT2D eigenvalue weighted by atomic mass is 32.2. The molecule has 0 spiro atoms. The molecule has 6 nitrogen and oxygen atoms in total. The average Bonchev–Trinajstić information content (AvgIpc) is 2.24. The molecular formula is C13H19FN2O4S. The summed E-state index contributed by atoms with van der Waals surface area (Å²) in [5, 5.41) is 8.89. The molecular weight excluding hydrogens is 299 g/mol. The topological polar surface area (TPSA) is 96.4 Å². The normalized spacial score (nSPS) is 13.9. The van der Waals surface area contributed by atoms with Crippen LogP contribution in [-0.4, -0.2) is 30.5 Å². The number of carbonyl (C=O) groups is 1. The molecule has 0 aromatic carbocycles. The minimum Gasteiger partial charge on any atom is -0.481 e. The smallest absolute Gasteiger partial charge is 0.304 e. The highest BCUT2D eigenvalue weighted by Gasteiger charge is 2.26. The van der Waals surface area contributed by atoms with Crippen molar-refractivity contribution in [1.82, 2.24) is 9.71 Å². The maximum Gasteiger partial charge on any atom is 0.304 e. The molecule has 0 radical (unpaired) electrons. The van der Waals surface area contributed by atoms with E-state index in [1.165, 1.54) is 0 Å². The maximum absolute atomic E-state index is 13.1. The van der Waals surface area contributed by atoms with E-state index in [4.69, 9.17) is 5.11 Å². The lowest BCUT2D eigenvalue weighted by molar-refractivity contribution is -0.137. The Kier molecular flexibility index (Phi) is 5.41. The van der Waals surface area contributed by atoms with Gasteiger partial charge in [0.1, 0.15) is 10.7 Å². The quantitative estimate of drug-likeness (QED) is 0.833. The van der Waals surface area contributed by atoms with Crippen molar-refractivity contribution in [3.8, 4) is 0 Å². The Bertz CT molecular complexity index is 611. The van der Waals surface area contributed by atoms with Crippen molar-refractivity contribution in [3.63, 3.8) is 0 Å². The number of rotatable bonds is 6. The third kappa shape index (κ3) is 6.17. The zero-order valence-corrected chi connectivity index (χ0v) is 12.9. The van der Waals surface area contributed by atoms with Gasteiger partial charge in [0.15, 0.2) is 0 Å². The molecule has 1 aromatic rings. The summed E-state index contributed by atoms with van der Waals surface area (Å²) < 4.78 is 39.7. The second kappa shape index (κ2) is 6.48. The van der Waals surface area contributed by atoms with E-state index in [9.17, 15) is 17.6 Å². The van der Waals surface area contributed by atoms with Gasteiger partial charge in [0.2, 0.25) is 10.0 Å². The molecule has 0 fully saturated rings. The number of hydrogen-bond donors (Lipinski definition) is 2. The Morgan fingerprint density at radius 2 is 2.05 bits per heavy atom. The number of aliphatic carboxylic acids is 1. The second-order valence-electron chi connectivity index (χ2n) is 6.02. The highest BCUT2D eigenvalue weighted by molar-refractivity contribution is 7.89. The van der Waals surface area contributed by atoms with Crippen LogP contribution >= 0.6 is 0 Å². The van der Waals surface area contributed by atoms with Crippen LogP contribution in [0.1, 0.15) is 33.6 Å². The van der Waals surface area contributed by atoms with Gasteiger partial charge in [-0.1, -0.05) is 20.8 Å². The third-order valence-electron chi connectivity index (χ3n) is 2.59. The van der Waals surface area contributed by atoms with Crippen LogP contribution in [0.4, 0.5) is 4.39 Å². The lowest BCUT2D eigenvalue weighted by Crippen LogP contribution is -2.39. The molecule has 1 aromatic heterocycles. The lowest BCUT2D eigenvalue weighted by atomic mass is 9.87. The summed E-state index contributed by atoms with van der Waals surface area (Å²) in [6.45, 7) is 5.62. The number of pyridine rings is 1. The van der Waals surface area contributed by atoms with Crippen LogP contribution in [0.25, 0.3) is 0 Å². The molecule has 1 unspecified atom stereocenters. The molecule has 118 valence electrons. The van der Waals surface area contributed by atoms with E-state index in [2.05, 4.69) is 9.71 Å². The molecule has 0 aliphatic heterocycles. The minimum absolute atomic E-state index is 0.261. The molecule has 8 heteroatoms. The number of carboxylic acids is 1. The number of sulfonamides is 1. The molecule has 1 rings (SSSR count). The molecule has 0 bridgehead atoms. The van der Waals surface area contributed by atoms with Crippen LogP contribution in [0.3, 0.4) is 0 Å². The fraction of sp³-hybridized carbons (Fsp3) is 0.538. The zero-order valence-electron chi connectivity index (χ0n) is 12.1. The van der Waals surface area contributed by atoms with Gasteiger partial charge in [0.25, 0.3) is 0 Å². The van der Waals surface area contributed by atoms with Crippen LogP contribution in [0.5, 0.6) is 0 Å². The summed E-state index contributed by atoms with van der Waals surface area (Å²) in [4.78, 5) is 14.0. The fourth-order valence-corrected chi connectivity index (χ4v) is 3.14. The molecule has 0 saturated heterocycles. The van der Waals surface area contributed by atoms with Crippen molar-refractivity contribution in [1.29, 1.82) is 0 Å². The van der Waals surface area contributed by atoms with Crippen molar-refractivity contribution in [2.45, 2.75) is 44.6 Å². The van der Waals surface area contributed by atoms with E-state index < -0.39 is 27.9 Å². The monoisotopic (exact) mass is 318 g/mol. The summed E-state index contributed by atoms with van der Waals surface area (Å²) >= 11 is 0. The first-order valence-electron chi connectivity index (χ1n) is 6.34. The fourth-order valence-electron chi connectivity index (χ4n) is 1.93. The second-order valence-corrected chi connectivity index (χ2v) is 7.73. The summed E-state index contributed by atoms with van der Waals surface area (Å²) in [5.74, 6) is -1.88. The van der Waals surface area contributed by atoms with Crippen molar-refractivity contribution in [2.24, 2.45) is 5.41 Å². The van der Waals surface area contributed by atoms with Gasteiger partial charge >= 0.3 is 5.97 Å². The van der Waals surface area contributed by atoms with Gasteiger partial charge in [-0.3, -0.25) is 9.78 Å². The average molecular weight is 318 g/mol. The molecule has 1 atom stereocenters. The van der Waals surface area contributed by atoms with E-state index in [1.54, 1.807) is 0 Å². The summed E-state index contributed by atoms with van der Waals surface area (Å²) in [7, 11) is -4.02. The van der Waals surface area contributed by atoms with Crippen LogP contribution in [0.15, 0.2) is 23.4 Å². The summed E-state index contributed by atoms with van der Waals surface area (Å²) in [6, 6.07) is 0.0559. The van der Waals surface area contributed by atoms with Gasteiger partial charge < -0.3 is 5.11 Å². The van der Waals surface area contributed by atoms with Crippen molar-refractivity contribution < 1.29 is 22.7 Å². The molecule has 0 saturated carbocycles. The van der Waals surface area contributed by atoms with E-state index in [0.717, 1.165) is 18.5 Å². The van der Waals surface area contributed by atoms with Gasteiger partial charge in [-0.15, -0.1) is 0 Å². The predicted octanol–water partition coefficient (Wildman–Crippen LogP) is 1.78. The molecule has 0 amide bonds. The number of carboxylic acid groups (broad SMARTS) is 1. The SMILES string of the molecule is CC(C)(C)CC(CC(=O)O)NS(=O)(=O)c1cncc(F)c1. The number of aromatic nitrogens is 1. The van der Waals surface area contributed by atoms with E-state index in [0.29, 0.717) is 6.42 Å². The van der Waals surface area contributed by atoms with E-state index >= 15 is 0 Å². The van der Waals surface area contributed by atoms with Gasteiger partial charge in [-0.2, -0.15) is 0 Å². The maximum atomic E-state index is 13.1.